The average Bonchev–Trinajstić information content (AvgIpc) is 2.71. The number of hydrogen-bond donors (Lipinski definition) is 1. The Labute approximate surface area is 84.7 Å². The van der Waals surface area contributed by atoms with E-state index >= 15 is 0 Å². The average molecular weight is 194 g/mol. The summed E-state index contributed by atoms with van der Waals surface area (Å²) in [7, 11) is 0. The van der Waals surface area contributed by atoms with Crippen LogP contribution in [0.15, 0.2) is 12.4 Å². The van der Waals surface area contributed by atoms with Gasteiger partial charge >= 0.3 is 0 Å². The van der Waals surface area contributed by atoms with Crippen LogP contribution in [0.25, 0.3) is 0 Å². The third kappa shape index (κ3) is 1.69. The molecule has 0 aliphatic heterocycles. The van der Waals surface area contributed by atoms with Crippen molar-refractivity contribution in [1.29, 1.82) is 0 Å². The lowest BCUT2D eigenvalue weighted by Gasteiger charge is -2.14. The summed E-state index contributed by atoms with van der Waals surface area (Å²) < 4.78 is 1.94. The second kappa shape index (κ2) is 3.73. The van der Waals surface area contributed by atoms with E-state index in [9.17, 15) is 5.11 Å². The van der Waals surface area contributed by atoms with E-state index in [1.54, 1.807) is 0 Å². The van der Waals surface area contributed by atoms with Gasteiger partial charge in [0.15, 0.2) is 0 Å². The van der Waals surface area contributed by atoms with E-state index in [1.165, 1.54) is 5.56 Å². The summed E-state index contributed by atoms with van der Waals surface area (Å²) in [5.74, 6) is 0.516. The van der Waals surface area contributed by atoms with Crippen LogP contribution in [0.1, 0.15) is 50.6 Å². The molecule has 1 saturated carbocycles. The lowest BCUT2D eigenvalue weighted by atomic mass is 10.1. The summed E-state index contributed by atoms with van der Waals surface area (Å²) in [4.78, 5) is 0. The topological polar surface area (TPSA) is 38.0 Å². The van der Waals surface area contributed by atoms with Crippen LogP contribution in [0, 0.1) is 0 Å². The van der Waals surface area contributed by atoms with Crippen LogP contribution in [0.5, 0.6) is 0 Å². The molecule has 1 aromatic rings. The predicted octanol–water partition coefficient (Wildman–Crippen LogP) is 2.09. The minimum Gasteiger partial charge on any atom is -0.391 e. The molecule has 0 radical (unpaired) electrons. The second-order valence-corrected chi connectivity index (χ2v) is 4.47. The smallest absolute Gasteiger partial charge is 0.0778 e. The van der Waals surface area contributed by atoms with Gasteiger partial charge in [-0.3, -0.25) is 4.68 Å². The standard InChI is InChI=1S/C11H18N2O/c1-8(2)9-6-12-13(7-9)10-4-3-5-11(10)14/h6-8,10-11,14H,3-5H2,1-2H3/t10?,11-/m1/s1. The van der Waals surface area contributed by atoms with E-state index in [1.807, 2.05) is 10.9 Å². The Balaban J connectivity index is 2.16. The van der Waals surface area contributed by atoms with Crippen molar-refractivity contribution in [3.8, 4) is 0 Å². The summed E-state index contributed by atoms with van der Waals surface area (Å²) in [6.45, 7) is 4.32. The fourth-order valence-electron chi connectivity index (χ4n) is 2.06. The highest BCUT2D eigenvalue weighted by Gasteiger charge is 2.27. The maximum atomic E-state index is 9.73. The Hall–Kier alpha value is -0.830. The van der Waals surface area contributed by atoms with Gasteiger partial charge in [0.1, 0.15) is 0 Å². The molecule has 1 aromatic heterocycles. The molecule has 3 heteroatoms. The van der Waals surface area contributed by atoms with Crippen LogP contribution in [0.2, 0.25) is 0 Å². The lowest BCUT2D eigenvalue weighted by Crippen LogP contribution is -2.18. The normalized spacial score (nSPS) is 27.4. The van der Waals surface area contributed by atoms with Crippen LogP contribution in [-0.2, 0) is 0 Å². The molecule has 0 aromatic carbocycles. The summed E-state index contributed by atoms with van der Waals surface area (Å²) >= 11 is 0. The van der Waals surface area contributed by atoms with Gasteiger partial charge in [-0.2, -0.15) is 5.10 Å². The van der Waals surface area contributed by atoms with Gasteiger partial charge in [-0.25, -0.2) is 0 Å². The number of nitrogens with zero attached hydrogens (tertiary/aromatic N) is 2. The van der Waals surface area contributed by atoms with Crippen molar-refractivity contribution >= 4 is 0 Å². The first kappa shape index (κ1) is 9.71. The molecule has 3 nitrogen and oxygen atoms in total. The van der Waals surface area contributed by atoms with Gasteiger partial charge in [0, 0.05) is 6.20 Å². The molecule has 2 atom stereocenters. The molecule has 78 valence electrons. The van der Waals surface area contributed by atoms with E-state index in [2.05, 4.69) is 25.1 Å². The fraction of sp³-hybridized carbons (Fsp3) is 0.727. The van der Waals surface area contributed by atoms with Gasteiger partial charge in [0.05, 0.1) is 18.3 Å². The van der Waals surface area contributed by atoms with E-state index in [4.69, 9.17) is 0 Å². The van der Waals surface area contributed by atoms with E-state index in [-0.39, 0.29) is 12.1 Å². The molecule has 1 aliphatic rings. The van der Waals surface area contributed by atoms with E-state index in [0.29, 0.717) is 5.92 Å². The van der Waals surface area contributed by atoms with Crippen molar-refractivity contribution in [3.05, 3.63) is 18.0 Å². The van der Waals surface area contributed by atoms with Crippen molar-refractivity contribution in [2.24, 2.45) is 0 Å². The molecule has 1 fully saturated rings. The third-order valence-electron chi connectivity index (χ3n) is 3.07. The molecule has 0 bridgehead atoms. The first-order valence-electron chi connectivity index (χ1n) is 5.40. The van der Waals surface area contributed by atoms with Crippen LogP contribution < -0.4 is 0 Å². The van der Waals surface area contributed by atoms with Gasteiger partial charge in [-0.1, -0.05) is 13.8 Å². The monoisotopic (exact) mass is 194 g/mol. The fourth-order valence-corrected chi connectivity index (χ4v) is 2.06. The Morgan fingerprint density at radius 1 is 1.50 bits per heavy atom. The van der Waals surface area contributed by atoms with Crippen molar-refractivity contribution in [2.45, 2.75) is 51.2 Å². The molecule has 2 rings (SSSR count). The highest BCUT2D eigenvalue weighted by Crippen LogP contribution is 2.30. The highest BCUT2D eigenvalue weighted by molar-refractivity contribution is 5.09. The molecule has 0 amide bonds. The molecular formula is C11H18N2O. The molecular weight excluding hydrogens is 176 g/mol. The number of aliphatic hydroxyl groups excluding tert-OH is 1. The number of aliphatic hydroxyl groups is 1. The first-order valence-corrected chi connectivity index (χ1v) is 5.40. The lowest BCUT2D eigenvalue weighted by molar-refractivity contribution is 0.130. The Bertz CT molecular complexity index is 306. The Morgan fingerprint density at radius 2 is 2.29 bits per heavy atom. The molecule has 1 heterocycles. The van der Waals surface area contributed by atoms with E-state index < -0.39 is 0 Å². The molecule has 1 aliphatic carbocycles. The largest absolute Gasteiger partial charge is 0.391 e. The molecule has 14 heavy (non-hydrogen) atoms. The van der Waals surface area contributed by atoms with E-state index in [0.717, 1.165) is 19.3 Å². The highest BCUT2D eigenvalue weighted by atomic mass is 16.3. The molecule has 0 saturated heterocycles. The second-order valence-electron chi connectivity index (χ2n) is 4.47. The zero-order chi connectivity index (χ0) is 10.1. The molecule has 1 N–H and O–H groups in total. The quantitative estimate of drug-likeness (QED) is 0.782. The number of aromatic nitrogens is 2. The van der Waals surface area contributed by atoms with Crippen LogP contribution in [-0.4, -0.2) is 21.0 Å². The summed E-state index contributed by atoms with van der Waals surface area (Å²) in [6, 6.07) is 0.211. The predicted molar refractivity (Wildman–Crippen MR) is 55.2 cm³/mol. The summed E-state index contributed by atoms with van der Waals surface area (Å²) in [5, 5.41) is 14.1. The van der Waals surface area contributed by atoms with Gasteiger partial charge in [-0.15, -0.1) is 0 Å². The third-order valence-corrected chi connectivity index (χ3v) is 3.07. The Morgan fingerprint density at radius 3 is 2.79 bits per heavy atom. The Kier molecular flexibility index (Phi) is 2.59. The van der Waals surface area contributed by atoms with Crippen molar-refractivity contribution < 1.29 is 5.11 Å². The van der Waals surface area contributed by atoms with Gasteiger partial charge in [-0.05, 0) is 30.7 Å². The SMILES string of the molecule is CC(C)c1cnn(C2CCC[C@H]2O)c1. The van der Waals surface area contributed by atoms with Gasteiger partial charge in [0.25, 0.3) is 0 Å². The van der Waals surface area contributed by atoms with Crippen molar-refractivity contribution in [1.82, 2.24) is 9.78 Å². The molecule has 0 spiro atoms. The minimum absolute atomic E-state index is 0.199. The van der Waals surface area contributed by atoms with Crippen molar-refractivity contribution in [3.63, 3.8) is 0 Å². The summed E-state index contributed by atoms with van der Waals surface area (Å²) in [6.07, 6.45) is 6.87. The van der Waals surface area contributed by atoms with Crippen LogP contribution >= 0.6 is 0 Å². The zero-order valence-electron chi connectivity index (χ0n) is 8.85. The molecule has 1 unspecified atom stereocenters. The van der Waals surface area contributed by atoms with Crippen LogP contribution in [0.3, 0.4) is 0 Å². The summed E-state index contributed by atoms with van der Waals surface area (Å²) in [5.41, 5.74) is 1.25. The van der Waals surface area contributed by atoms with Crippen LogP contribution in [0.4, 0.5) is 0 Å². The maximum absolute atomic E-state index is 9.73. The van der Waals surface area contributed by atoms with Crippen molar-refractivity contribution in [2.75, 3.05) is 0 Å². The zero-order valence-corrected chi connectivity index (χ0v) is 8.85. The maximum Gasteiger partial charge on any atom is 0.0778 e. The minimum atomic E-state index is -0.199. The van der Waals surface area contributed by atoms with Gasteiger partial charge < -0.3 is 5.11 Å². The van der Waals surface area contributed by atoms with Gasteiger partial charge in [0.2, 0.25) is 0 Å². The number of hydrogen-bond acceptors (Lipinski definition) is 2. The number of rotatable bonds is 2. The first-order chi connectivity index (χ1) is 6.68.